The van der Waals surface area contributed by atoms with Crippen LogP contribution in [0.2, 0.25) is 0 Å². The van der Waals surface area contributed by atoms with Crippen LogP contribution in [0.1, 0.15) is 47.8 Å². The van der Waals surface area contributed by atoms with E-state index >= 15 is 0 Å². The zero-order chi connectivity index (χ0) is 21.0. The van der Waals surface area contributed by atoms with Crippen LogP contribution in [0, 0.1) is 6.54 Å². The second-order valence-electron chi connectivity index (χ2n) is 8.56. The molecule has 0 unspecified atom stereocenters. The molecule has 1 amide bonds. The van der Waals surface area contributed by atoms with Crippen LogP contribution in [0.15, 0.2) is 67.0 Å². The van der Waals surface area contributed by atoms with Gasteiger partial charge in [-0.3, -0.25) is 9.69 Å². The zero-order valence-corrected chi connectivity index (χ0v) is 17.9. The van der Waals surface area contributed by atoms with E-state index in [-0.39, 0.29) is 5.91 Å². The quantitative estimate of drug-likeness (QED) is 0.604. The largest absolute Gasteiger partial charge is 0.330 e. The van der Waals surface area contributed by atoms with Crippen molar-refractivity contribution in [3.63, 3.8) is 0 Å². The topological polar surface area (TPSA) is 41.4 Å². The summed E-state index contributed by atoms with van der Waals surface area (Å²) in [4.78, 5) is 22.4. The van der Waals surface area contributed by atoms with Gasteiger partial charge in [0.1, 0.15) is 0 Å². The van der Waals surface area contributed by atoms with Gasteiger partial charge in [0.25, 0.3) is 5.91 Å². The molecule has 2 fully saturated rings. The molecule has 0 atom stereocenters. The van der Waals surface area contributed by atoms with Crippen molar-refractivity contribution in [2.75, 3.05) is 19.6 Å². The molecule has 0 bridgehead atoms. The number of nitrogens with zero attached hydrogens (tertiary/aromatic N) is 4. The Morgan fingerprint density at radius 3 is 2.32 bits per heavy atom. The molecular weight excluding hydrogens is 384 g/mol. The molecule has 5 nitrogen and oxygen atoms in total. The average Bonchev–Trinajstić information content (AvgIpc) is 3.50. The summed E-state index contributed by atoms with van der Waals surface area (Å²) in [6, 6.07) is 21.2. The van der Waals surface area contributed by atoms with E-state index < -0.39 is 0 Å². The summed E-state index contributed by atoms with van der Waals surface area (Å²) < 4.78 is 2.25. The normalized spacial score (nSPS) is 17.9. The van der Waals surface area contributed by atoms with Crippen LogP contribution in [0.4, 0.5) is 0 Å². The number of imidazole rings is 1. The van der Waals surface area contributed by atoms with Crippen LogP contribution >= 0.6 is 0 Å². The standard InChI is InChI=1S/C26H29N4O/c31-26(29-17-15-28(16-18-29)19-21-9-3-1-4-10-21)24-25(22-11-5-2-6-12-22)30(20-27-24)23-13-7-8-14-23/h1-6,9-12,17,20,23H,7-8,13-16,18-19H2. The van der Waals surface area contributed by atoms with E-state index in [0.29, 0.717) is 18.3 Å². The number of benzene rings is 2. The van der Waals surface area contributed by atoms with Crippen molar-refractivity contribution in [1.82, 2.24) is 19.4 Å². The Kier molecular flexibility index (Phi) is 5.85. The molecule has 1 aliphatic carbocycles. The minimum absolute atomic E-state index is 0.00922. The zero-order valence-electron chi connectivity index (χ0n) is 17.9. The molecule has 1 radical (unpaired) electrons. The monoisotopic (exact) mass is 413 g/mol. The first-order chi connectivity index (χ1) is 15.3. The molecule has 2 heterocycles. The first-order valence-electron chi connectivity index (χ1n) is 11.3. The van der Waals surface area contributed by atoms with Gasteiger partial charge in [-0.1, -0.05) is 73.5 Å². The van der Waals surface area contributed by atoms with Gasteiger partial charge in [-0.05, 0) is 18.4 Å². The van der Waals surface area contributed by atoms with Crippen molar-refractivity contribution in [1.29, 1.82) is 0 Å². The van der Waals surface area contributed by atoms with Crippen LogP contribution in [0.3, 0.4) is 0 Å². The molecule has 0 spiro atoms. The molecular formula is C26H29N4O. The molecule has 31 heavy (non-hydrogen) atoms. The van der Waals surface area contributed by atoms with Crippen molar-refractivity contribution in [2.24, 2.45) is 0 Å². The number of aromatic nitrogens is 2. The average molecular weight is 414 g/mol. The predicted octanol–water partition coefficient (Wildman–Crippen LogP) is 4.78. The maximum absolute atomic E-state index is 13.5. The van der Waals surface area contributed by atoms with E-state index in [4.69, 9.17) is 0 Å². The van der Waals surface area contributed by atoms with Crippen molar-refractivity contribution < 1.29 is 4.79 Å². The van der Waals surface area contributed by atoms with Crippen molar-refractivity contribution >= 4 is 5.91 Å². The fourth-order valence-corrected chi connectivity index (χ4v) is 4.81. The molecule has 5 heteroatoms. The number of hydrogen-bond acceptors (Lipinski definition) is 3. The highest BCUT2D eigenvalue weighted by molar-refractivity contribution is 5.98. The summed E-state index contributed by atoms with van der Waals surface area (Å²) in [5.74, 6) is 0.00922. The van der Waals surface area contributed by atoms with Crippen LogP contribution in [0.5, 0.6) is 0 Å². The number of hydrogen-bond donors (Lipinski definition) is 0. The Morgan fingerprint density at radius 1 is 0.935 bits per heavy atom. The number of rotatable bonds is 5. The van der Waals surface area contributed by atoms with Gasteiger partial charge in [-0.15, -0.1) is 0 Å². The molecule has 5 rings (SSSR count). The Balaban J connectivity index is 1.34. The summed E-state index contributed by atoms with van der Waals surface area (Å²) >= 11 is 0. The van der Waals surface area contributed by atoms with E-state index in [1.54, 1.807) is 0 Å². The van der Waals surface area contributed by atoms with Gasteiger partial charge in [-0.25, -0.2) is 4.98 Å². The highest BCUT2D eigenvalue weighted by atomic mass is 16.2. The fraction of sp³-hybridized carbons (Fsp3) is 0.346. The third kappa shape index (κ3) is 4.28. The van der Waals surface area contributed by atoms with Crippen LogP contribution in [0.25, 0.3) is 11.3 Å². The predicted molar refractivity (Wildman–Crippen MR) is 122 cm³/mol. The second-order valence-corrected chi connectivity index (χ2v) is 8.56. The first kappa shape index (κ1) is 20.0. The van der Waals surface area contributed by atoms with E-state index in [0.717, 1.165) is 43.7 Å². The Morgan fingerprint density at radius 2 is 1.65 bits per heavy atom. The van der Waals surface area contributed by atoms with Gasteiger partial charge < -0.3 is 9.47 Å². The lowest BCUT2D eigenvalue weighted by Gasteiger charge is -2.34. The van der Waals surface area contributed by atoms with Gasteiger partial charge in [0.15, 0.2) is 5.69 Å². The first-order valence-corrected chi connectivity index (χ1v) is 11.3. The number of carbonyl (C=O) groups excluding carboxylic acids is 1. The van der Waals surface area contributed by atoms with Crippen molar-refractivity contribution in [2.45, 2.75) is 38.3 Å². The highest BCUT2D eigenvalue weighted by Crippen LogP contribution is 2.35. The van der Waals surface area contributed by atoms with Gasteiger partial charge in [-0.2, -0.15) is 0 Å². The minimum atomic E-state index is 0.00922. The Bertz CT molecular complexity index is 1000. The van der Waals surface area contributed by atoms with Gasteiger partial charge in [0.05, 0.1) is 18.6 Å². The van der Waals surface area contributed by atoms with E-state index in [2.05, 4.69) is 50.8 Å². The SMILES string of the molecule is O=C(c1ncn(C2CCCC2)c1-c1ccccc1)N1[CH]CN(Cc2ccccc2)CC1. The van der Waals surface area contributed by atoms with Crippen LogP contribution in [-0.4, -0.2) is 44.9 Å². The van der Waals surface area contributed by atoms with E-state index in [1.165, 1.54) is 18.4 Å². The highest BCUT2D eigenvalue weighted by Gasteiger charge is 2.30. The molecule has 1 aromatic heterocycles. The second kappa shape index (κ2) is 9.06. The molecule has 1 saturated heterocycles. The van der Waals surface area contributed by atoms with E-state index in [9.17, 15) is 4.79 Å². The molecule has 2 aliphatic rings. The maximum Gasteiger partial charge on any atom is 0.275 e. The number of piperazine rings is 1. The van der Waals surface area contributed by atoms with Gasteiger partial charge >= 0.3 is 0 Å². The van der Waals surface area contributed by atoms with Crippen LogP contribution < -0.4 is 0 Å². The third-order valence-electron chi connectivity index (χ3n) is 6.49. The molecule has 1 aliphatic heterocycles. The summed E-state index contributed by atoms with van der Waals surface area (Å²) in [6.45, 7) is 5.25. The number of carbonyl (C=O) groups is 1. The molecule has 2 aromatic carbocycles. The van der Waals surface area contributed by atoms with Crippen molar-refractivity contribution in [3.8, 4) is 11.3 Å². The molecule has 0 N–H and O–H groups in total. The minimum Gasteiger partial charge on any atom is -0.330 e. The summed E-state index contributed by atoms with van der Waals surface area (Å²) in [7, 11) is 0. The summed E-state index contributed by atoms with van der Waals surface area (Å²) in [5.41, 5.74) is 3.92. The maximum atomic E-state index is 13.5. The van der Waals surface area contributed by atoms with Crippen molar-refractivity contribution in [3.05, 3.63) is 84.8 Å². The lowest BCUT2D eigenvalue weighted by atomic mass is 10.1. The third-order valence-corrected chi connectivity index (χ3v) is 6.49. The van der Waals surface area contributed by atoms with Crippen LogP contribution in [-0.2, 0) is 6.54 Å². The molecule has 3 aromatic rings. The molecule has 159 valence electrons. The van der Waals surface area contributed by atoms with Gasteiger partial charge in [0.2, 0.25) is 0 Å². The smallest absolute Gasteiger partial charge is 0.275 e. The molecule has 1 saturated carbocycles. The summed E-state index contributed by atoms with van der Waals surface area (Å²) in [6.07, 6.45) is 6.70. The lowest BCUT2D eigenvalue weighted by Crippen LogP contribution is -2.45. The lowest BCUT2D eigenvalue weighted by molar-refractivity contribution is 0.0708. The Hall–Kier alpha value is -2.92. The Labute approximate surface area is 184 Å². The van der Waals surface area contributed by atoms with E-state index in [1.807, 2.05) is 42.0 Å². The fourth-order valence-electron chi connectivity index (χ4n) is 4.81. The number of amides is 1. The van der Waals surface area contributed by atoms with Gasteiger partial charge in [0, 0.05) is 37.8 Å². The summed E-state index contributed by atoms with van der Waals surface area (Å²) in [5, 5.41) is 0.